The highest BCUT2D eigenvalue weighted by atomic mass is 35.5. The largest absolute Gasteiger partial charge is 0.389 e. The van der Waals surface area contributed by atoms with Crippen LogP contribution >= 0.6 is 11.6 Å². The fraction of sp³-hybridized carbons (Fsp3) is 0.600. The third-order valence-corrected chi connectivity index (χ3v) is 4.94. The van der Waals surface area contributed by atoms with Crippen molar-refractivity contribution in [2.24, 2.45) is 0 Å². The Morgan fingerprint density at radius 3 is 2.81 bits per heavy atom. The first-order valence-corrected chi connectivity index (χ1v) is 9.02. The van der Waals surface area contributed by atoms with Gasteiger partial charge in [0.2, 0.25) is 0 Å². The molecule has 21 heavy (non-hydrogen) atoms. The van der Waals surface area contributed by atoms with Crippen molar-refractivity contribution in [3.05, 3.63) is 34.9 Å². The van der Waals surface area contributed by atoms with Gasteiger partial charge >= 0.3 is 0 Å². The fourth-order valence-corrected chi connectivity index (χ4v) is 2.36. The Kier molecular flexibility index (Phi) is 9.11. The first kappa shape index (κ1) is 18.6. The van der Waals surface area contributed by atoms with Gasteiger partial charge in [0.15, 0.2) is 0 Å². The number of ether oxygens (including phenoxy) is 1. The van der Waals surface area contributed by atoms with Crippen molar-refractivity contribution in [3.8, 4) is 0 Å². The lowest BCUT2D eigenvalue weighted by molar-refractivity contribution is 0.0290. The summed E-state index contributed by atoms with van der Waals surface area (Å²) in [4.78, 5) is 0. The second-order valence-electron chi connectivity index (χ2n) is 5.06. The topological polar surface area (TPSA) is 58.6 Å². The smallest absolute Gasteiger partial charge is 0.0897 e. The highest BCUT2D eigenvalue weighted by Crippen LogP contribution is 2.15. The maximum atomic E-state index is 11.2. The van der Waals surface area contributed by atoms with Crippen molar-refractivity contribution in [3.63, 3.8) is 0 Å². The van der Waals surface area contributed by atoms with Crippen molar-refractivity contribution < 1.29 is 14.1 Å². The standard InChI is InChI=1S/C15H24ClNO3S/c1-12(21(2)19)7-8-17-9-14(18)11-20-10-13-5-3-4-6-15(13)16/h3-6,12,14,17-18H,7-11H2,1-2H3. The minimum absolute atomic E-state index is 0.172. The molecule has 0 fully saturated rings. The van der Waals surface area contributed by atoms with Crippen LogP contribution in [-0.2, 0) is 22.1 Å². The molecule has 1 rings (SSSR count). The predicted molar refractivity (Wildman–Crippen MR) is 88.1 cm³/mol. The molecule has 4 nitrogen and oxygen atoms in total. The Morgan fingerprint density at radius 1 is 1.43 bits per heavy atom. The lowest BCUT2D eigenvalue weighted by atomic mass is 10.2. The highest BCUT2D eigenvalue weighted by Gasteiger charge is 2.08. The summed E-state index contributed by atoms with van der Waals surface area (Å²) < 4.78 is 16.6. The fourth-order valence-electron chi connectivity index (χ4n) is 1.72. The molecule has 0 aliphatic heterocycles. The number of halogens is 1. The lowest BCUT2D eigenvalue weighted by Gasteiger charge is -2.14. The zero-order valence-corrected chi connectivity index (χ0v) is 14.1. The van der Waals surface area contributed by atoms with E-state index in [1.807, 2.05) is 31.2 Å². The van der Waals surface area contributed by atoms with Crippen LogP contribution in [-0.4, -0.2) is 46.6 Å². The average molecular weight is 334 g/mol. The molecule has 6 heteroatoms. The van der Waals surface area contributed by atoms with Gasteiger partial charge in [-0.1, -0.05) is 36.7 Å². The molecule has 0 bridgehead atoms. The Morgan fingerprint density at radius 2 is 2.14 bits per heavy atom. The van der Waals surface area contributed by atoms with Gasteiger partial charge in [-0.3, -0.25) is 4.21 Å². The summed E-state index contributed by atoms with van der Waals surface area (Å²) in [5.41, 5.74) is 0.915. The molecule has 0 saturated heterocycles. The van der Waals surface area contributed by atoms with E-state index in [0.717, 1.165) is 18.5 Å². The summed E-state index contributed by atoms with van der Waals surface area (Å²) in [6, 6.07) is 7.49. The molecule has 0 amide bonds. The molecule has 0 aliphatic rings. The van der Waals surface area contributed by atoms with Crippen LogP contribution in [0.3, 0.4) is 0 Å². The third-order valence-electron chi connectivity index (χ3n) is 3.20. The monoisotopic (exact) mass is 333 g/mol. The summed E-state index contributed by atoms with van der Waals surface area (Å²) in [6.07, 6.45) is 1.98. The third kappa shape index (κ3) is 7.93. The molecule has 0 heterocycles. The second-order valence-corrected chi connectivity index (χ2v) is 7.27. The number of aliphatic hydroxyl groups is 1. The number of rotatable bonds is 10. The molecule has 3 unspecified atom stereocenters. The SMILES string of the molecule is CC(CCNCC(O)COCc1ccccc1Cl)S(C)=O. The summed E-state index contributed by atoms with van der Waals surface area (Å²) >= 11 is 6.02. The van der Waals surface area contributed by atoms with Crippen LogP contribution in [0, 0.1) is 0 Å². The predicted octanol–water partition coefficient (Wildman–Crippen LogP) is 1.96. The minimum Gasteiger partial charge on any atom is -0.389 e. The average Bonchev–Trinajstić information content (AvgIpc) is 2.45. The van der Waals surface area contributed by atoms with Gasteiger partial charge in [-0.25, -0.2) is 0 Å². The summed E-state index contributed by atoms with van der Waals surface area (Å²) in [7, 11) is -0.793. The molecule has 0 aromatic heterocycles. The van der Waals surface area contributed by atoms with Crippen molar-refractivity contribution in [2.45, 2.75) is 31.3 Å². The number of benzene rings is 1. The molecular weight excluding hydrogens is 310 g/mol. The molecule has 0 aliphatic carbocycles. The Bertz CT molecular complexity index is 445. The van der Waals surface area contributed by atoms with Crippen molar-refractivity contribution in [1.29, 1.82) is 0 Å². The summed E-state index contributed by atoms with van der Waals surface area (Å²) in [5, 5.41) is 13.8. The maximum Gasteiger partial charge on any atom is 0.0897 e. The van der Waals surface area contributed by atoms with E-state index >= 15 is 0 Å². The second kappa shape index (κ2) is 10.3. The van der Waals surface area contributed by atoms with Gasteiger partial charge in [0.1, 0.15) is 0 Å². The molecule has 0 saturated carbocycles. The van der Waals surface area contributed by atoms with Gasteiger partial charge < -0.3 is 15.2 Å². The van der Waals surface area contributed by atoms with E-state index in [1.54, 1.807) is 6.26 Å². The van der Waals surface area contributed by atoms with Gasteiger partial charge in [0.05, 0.1) is 19.3 Å². The van der Waals surface area contributed by atoms with Crippen LogP contribution in [0.15, 0.2) is 24.3 Å². The molecule has 3 atom stereocenters. The Hall–Kier alpha value is -0.460. The number of hydrogen-bond donors (Lipinski definition) is 2. The Labute approximate surface area is 134 Å². The highest BCUT2D eigenvalue weighted by molar-refractivity contribution is 7.84. The maximum absolute atomic E-state index is 11.2. The van der Waals surface area contributed by atoms with E-state index in [2.05, 4.69) is 5.32 Å². The Balaban J connectivity index is 2.10. The van der Waals surface area contributed by atoms with E-state index < -0.39 is 16.9 Å². The first-order chi connectivity index (χ1) is 10.0. The van der Waals surface area contributed by atoms with Gasteiger partial charge in [0.25, 0.3) is 0 Å². The summed E-state index contributed by atoms with van der Waals surface area (Å²) in [5.74, 6) is 0. The minimum atomic E-state index is -0.793. The number of hydrogen-bond acceptors (Lipinski definition) is 4. The van der Waals surface area contributed by atoms with Crippen molar-refractivity contribution >= 4 is 22.4 Å². The molecule has 0 radical (unpaired) electrons. The van der Waals surface area contributed by atoms with E-state index in [-0.39, 0.29) is 11.9 Å². The van der Waals surface area contributed by atoms with E-state index in [1.165, 1.54) is 0 Å². The van der Waals surface area contributed by atoms with Crippen LogP contribution in [0.5, 0.6) is 0 Å². The summed E-state index contributed by atoms with van der Waals surface area (Å²) in [6.45, 7) is 3.81. The molecule has 120 valence electrons. The zero-order chi connectivity index (χ0) is 15.7. The number of aliphatic hydroxyl groups excluding tert-OH is 1. The first-order valence-electron chi connectivity index (χ1n) is 7.03. The number of nitrogens with one attached hydrogen (secondary N) is 1. The normalized spacial score (nSPS) is 15.6. The molecule has 1 aromatic rings. The van der Waals surface area contributed by atoms with Gasteiger partial charge in [-0.2, -0.15) is 0 Å². The quantitative estimate of drug-likeness (QED) is 0.643. The zero-order valence-electron chi connectivity index (χ0n) is 12.5. The lowest BCUT2D eigenvalue weighted by Crippen LogP contribution is -2.32. The molecule has 0 spiro atoms. The van der Waals surface area contributed by atoms with Crippen molar-refractivity contribution in [2.75, 3.05) is 26.0 Å². The van der Waals surface area contributed by atoms with Crippen LogP contribution in [0.4, 0.5) is 0 Å². The van der Waals surface area contributed by atoms with E-state index in [9.17, 15) is 9.32 Å². The molecule has 2 N–H and O–H groups in total. The van der Waals surface area contributed by atoms with Crippen LogP contribution in [0.2, 0.25) is 5.02 Å². The van der Waals surface area contributed by atoms with Gasteiger partial charge in [-0.05, 0) is 24.6 Å². The van der Waals surface area contributed by atoms with Crippen LogP contribution in [0.25, 0.3) is 0 Å². The van der Waals surface area contributed by atoms with Crippen LogP contribution in [0.1, 0.15) is 18.9 Å². The van der Waals surface area contributed by atoms with Gasteiger partial charge in [0, 0.05) is 33.9 Å². The molecular formula is C15H24ClNO3S. The van der Waals surface area contributed by atoms with Crippen LogP contribution < -0.4 is 5.32 Å². The van der Waals surface area contributed by atoms with E-state index in [4.69, 9.17) is 16.3 Å². The van der Waals surface area contributed by atoms with Crippen molar-refractivity contribution in [1.82, 2.24) is 5.32 Å². The van der Waals surface area contributed by atoms with Gasteiger partial charge in [-0.15, -0.1) is 0 Å². The van der Waals surface area contributed by atoms with E-state index in [0.29, 0.717) is 18.2 Å². The molecule has 1 aromatic carbocycles.